The molecule has 0 spiro atoms. The Morgan fingerprint density at radius 3 is 2.44 bits per heavy atom. The van der Waals surface area contributed by atoms with Crippen LogP contribution in [-0.2, 0) is 15.9 Å². The Bertz CT molecular complexity index is 314. The van der Waals surface area contributed by atoms with Gasteiger partial charge in [-0.3, -0.25) is 11.3 Å². The quantitative estimate of drug-likeness (QED) is 0.400. The number of hydrazine groups is 1. The summed E-state index contributed by atoms with van der Waals surface area (Å²) < 4.78 is 10.4. The van der Waals surface area contributed by atoms with E-state index >= 15 is 0 Å². The Morgan fingerprint density at radius 2 is 1.89 bits per heavy atom. The highest BCUT2D eigenvalue weighted by atomic mass is 16.5. The van der Waals surface area contributed by atoms with Crippen LogP contribution in [0.5, 0.6) is 0 Å². The van der Waals surface area contributed by atoms with Crippen molar-refractivity contribution in [2.45, 2.75) is 25.8 Å². The number of aryl methyl sites for hydroxylation is 1. The van der Waals surface area contributed by atoms with E-state index in [-0.39, 0.29) is 6.04 Å². The van der Waals surface area contributed by atoms with Crippen molar-refractivity contribution in [3.8, 4) is 0 Å². The van der Waals surface area contributed by atoms with Gasteiger partial charge in [-0.2, -0.15) is 0 Å². The fourth-order valence-electron chi connectivity index (χ4n) is 1.78. The number of methoxy groups -OCH3 is 1. The molecule has 1 aromatic carbocycles. The first-order valence-corrected chi connectivity index (χ1v) is 6.43. The summed E-state index contributed by atoms with van der Waals surface area (Å²) in [5.41, 5.74) is 5.37. The van der Waals surface area contributed by atoms with E-state index in [0.717, 1.165) is 12.8 Å². The minimum Gasteiger partial charge on any atom is -0.382 e. The van der Waals surface area contributed by atoms with Crippen LogP contribution in [0, 0.1) is 0 Å². The van der Waals surface area contributed by atoms with Crippen molar-refractivity contribution < 1.29 is 9.47 Å². The van der Waals surface area contributed by atoms with Crippen LogP contribution in [0.15, 0.2) is 24.3 Å². The molecule has 0 aliphatic carbocycles. The maximum Gasteiger partial charge on any atom is 0.0700 e. The van der Waals surface area contributed by atoms with Crippen molar-refractivity contribution in [3.05, 3.63) is 35.4 Å². The molecule has 0 aromatic heterocycles. The lowest BCUT2D eigenvalue weighted by Crippen LogP contribution is -2.29. The first-order valence-electron chi connectivity index (χ1n) is 6.43. The summed E-state index contributed by atoms with van der Waals surface area (Å²) in [6.07, 6.45) is 1.91. The maximum atomic E-state index is 5.59. The van der Waals surface area contributed by atoms with E-state index in [9.17, 15) is 0 Å². The van der Waals surface area contributed by atoms with E-state index in [1.807, 2.05) is 0 Å². The molecule has 0 bridgehead atoms. The molecule has 1 rings (SSSR count). The monoisotopic (exact) mass is 252 g/mol. The molecule has 1 unspecified atom stereocenters. The van der Waals surface area contributed by atoms with Crippen LogP contribution >= 0.6 is 0 Å². The van der Waals surface area contributed by atoms with E-state index in [1.165, 1.54) is 11.1 Å². The Balaban J connectivity index is 2.39. The van der Waals surface area contributed by atoms with Gasteiger partial charge in [0, 0.05) is 19.8 Å². The minimum atomic E-state index is 0.137. The lowest BCUT2D eigenvalue weighted by Gasteiger charge is -2.16. The molecule has 0 aliphatic rings. The Kier molecular flexibility index (Phi) is 7.60. The summed E-state index contributed by atoms with van der Waals surface area (Å²) in [7, 11) is 1.67. The van der Waals surface area contributed by atoms with Crippen LogP contribution in [0.2, 0.25) is 0 Å². The molecular weight excluding hydrogens is 228 g/mol. The first kappa shape index (κ1) is 15.1. The zero-order valence-electron chi connectivity index (χ0n) is 11.3. The zero-order valence-corrected chi connectivity index (χ0v) is 11.3. The topological polar surface area (TPSA) is 56.5 Å². The van der Waals surface area contributed by atoms with E-state index in [4.69, 9.17) is 15.3 Å². The molecule has 102 valence electrons. The van der Waals surface area contributed by atoms with Crippen molar-refractivity contribution in [1.29, 1.82) is 0 Å². The molecule has 0 fully saturated rings. The minimum absolute atomic E-state index is 0.137. The zero-order chi connectivity index (χ0) is 13.2. The lowest BCUT2D eigenvalue weighted by atomic mass is 10.0. The van der Waals surface area contributed by atoms with E-state index in [0.29, 0.717) is 19.8 Å². The summed E-state index contributed by atoms with van der Waals surface area (Å²) in [6.45, 7) is 4.08. The van der Waals surface area contributed by atoms with Gasteiger partial charge in [0.2, 0.25) is 0 Å². The number of nitrogens with two attached hydrogens (primary N) is 1. The Morgan fingerprint density at radius 1 is 1.17 bits per heavy atom. The number of rotatable bonds is 9. The van der Waals surface area contributed by atoms with Crippen LogP contribution in [0.25, 0.3) is 0 Å². The van der Waals surface area contributed by atoms with Gasteiger partial charge in [0.15, 0.2) is 0 Å². The molecule has 0 aliphatic heterocycles. The van der Waals surface area contributed by atoms with Crippen molar-refractivity contribution in [2.24, 2.45) is 5.84 Å². The second-order valence-corrected chi connectivity index (χ2v) is 4.21. The molecule has 1 atom stereocenters. The summed E-state index contributed by atoms with van der Waals surface area (Å²) in [6, 6.07) is 8.67. The summed E-state index contributed by atoms with van der Waals surface area (Å²) in [4.78, 5) is 0. The fraction of sp³-hybridized carbons (Fsp3) is 0.571. The van der Waals surface area contributed by atoms with E-state index in [1.54, 1.807) is 7.11 Å². The summed E-state index contributed by atoms with van der Waals surface area (Å²) in [5, 5.41) is 0. The molecule has 0 saturated heterocycles. The smallest absolute Gasteiger partial charge is 0.0700 e. The van der Waals surface area contributed by atoms with Gasteiger partial charge in [-0.1, -0.05) is 31.2 Å². The van der Waals surface area contributed by atoms with Crippen molar-refractivity contribution in [3.63, 3.8) is 0 Å². The van der Waals surface area contributed by atoms with Gasteiger partial charge in [-0.25, -0.2) is 0 Å². The predicted molar refractivity (Wildman–Crippen MR) is 73.2 cm³/mol. The molecular formula is C14H24N2O2. The summed E-state index contributed by atoms with van der Waals surface area (Å²) >= 11 is 0. The van der Waals surface area contributed by atoms with Gasteiger partial charge < -0.3 is 9.47 Å². The number of nitrogens with one attached hydrogen (secondary N) is 1. The number of hydrogen-bond donors (Lipinski definition) is 2. The highest BCUT2D eigenvalue weighted by Crippen LogP contribution is 2.16. The number of benzene rings is 1. The van der Waals surface area contributed by atoms with Gasteiger partial charge in [0.05, 0.1) is 13.2 Å². The van der Waals surface area contributed by atoms with Crippen molar-refractivity contribution in [1.82, 2.24) is 5.43 Å². The highest BCUT2D eigenvalue weighted by molar-refractivity contribution is 5.24. The normalized spacial score (nSPS) is 12.6. The fourth-order valence-corrected chi connectivity index (χ4v) is 1.78. The van der Waals surface area contributed by atoms with Crippen molar-refractivity contribution in [2.75, 3.05) is 26.9 Å². The van der Waals surface area contributed by atoms with Crippen molar-refractivity contribution >= 4 is 0 Å². The molecule has 18 heavy (non-hydrogen) atoms. The van der Waals surface area contributed by atoms with Crippen LogP contribution in [0.3, 0.4) is 0 Å². The van der Waals surface area contributed by atoms with Crippen LogP contribution in [0.1, 0.15) is 30.5 Å². The maximum absolute atomic E-state index is 5.59. The second kappa shape index (κ2) is 9.05. The van der Waals surface area contributed by atoms with Gasteiger partial charge in [-0.15, -0.1) is 0 Å². The van der Waals surface area contributed by atoms with Gasteiger partial charge in [0.1, 0.15) is 0 Å². The standard InChI is InChI=1S/C14H24N2O2/c1-3-12-4-6-13(7-5-12)14(16-15)8-9-18-11-10-17-2/h4-7,14,16H,3,8-11,15H2,1-2H3. The molecule has 4 heteroatoms. The molecule has 0 heterocycles. The average Bonchev–Trinajstić information content (AvgIpc) is 2.43. The number of hydrogen-bond acceptors (Lipinski definition) is 4. The molecule has 0 radical (unpaired) electrons. The van der Waals surface area contributed by atoms with Crippen LogP contribution in [-0.4, -0.2) is 26.9 Å². The SMILES string of the molecule is CCc1ccc(C(CCOCCOC)NN)cc1. The number of ether oxygens (including phenoxy) is 2. The third-order valence-electron chi connectivity index (χ3n) is 2.97. The van der Waals surface area contributed by atoms with Gasteiger partial charge in [-0.05, 0) is 24.0 Å². The van der Waals surface area contributed by atoms with E-state index < -0.39 is 0 Å². The molecule has 1 aromatic rings. The molecule has 3 N–H and O–H groups in total. The van der Waals surface area contributed by atoms with Crippen LogP contribution in [0.4, 0.5) is 0 Å². The lowest BCUT2D eigenvalue weighted by molar-refractivity contribution is 0.0658. The third kappa shape index (κ3) is 5.14. The van der Waals surface area contributed by atoms with Crippen LogP contribution < -0.4 is 11.3 Å². The first-order chi connectivity index (χ1) is 8.81. The largest absolute Gasteiger partial charge is 0.382 e. The average molecular weight is 252 g/mol. The second-order valence-electron chi connectivity index (χ2n) is 4.21. The van der Waals surface area contributed by atoms with Gasteiger partial charge >= 0.3 is 0 Å². The Labute approximate surface area is 109 Å². The Hall–Kier alpha value is -0.940. The van der Waals surface area contributed by atoms with E-state index in [2.05, 4.69) is 36.6 Å². The molecule has 4 nitrogen and oxygen atoms in total. The molecule has 0 amide bonds. The van der Waals surface area contributed by atoms with Gasteiger partial charge in [0.25, 0.3) is 0 Å². The molecule has 0 saturated carbocycles. The third-order valence-corrected chi connectivity index (χ3v) is 2.97. The summed E-state index contributed by atoms with van der Waals surface area (Å²) in [5.74, 6) is 5.59. The predicted octanol–water partition coefficient (Wildman–Crippen LogP) is 1.81. The highest BCUT2D eigenvalue weighted by Gasteiger charge is 2.09.